The molecule has 2 aliphatic rings. The number of aliphatic imine (C=N–C) groups is 1. The summed E-state index contributed by atoms with van der Waals surface area (Å²) in [7, 11) is 0. The molecule has 2 aliphatic heterocycles. The van der Waals surface area contributed by atoms with E-state index in [1.807, 2.05) is 0 Å². The predicted molar refractivity (Wildman–Crippen MR) is 147 cm³/mol. The van der Waals surface area contributed by atoms with Gasteiger partial charge in [-0.1, -0.05) is 12.1 Å². The molecule has 222 valence electrons. The molecule has 0 saturated carbocycles. The standard InChI is InChI=1S/C29H28F6N6O/c30-28(31,32)20-4-6-21(7-5-20)40-27(11-15-41-13-9-18(10-14-41)26(36)42)22-8-3-19(16-24(22)38-17-39-27)25-23(29(33,34)35)2-1-12-37-25/h1-8,12,16-18,40H,9-11,13-15H2,(H2,36,42)(H,38,39). The number of carbonyl (C=O) groups excluding carboxylic acids is 1. The third-order valence-electron chi connectivity index (χ3n) is 7.70. The van der Waals surface area contributed by atoms with Gasteiger partial charge in [0.25, 0.3) is 0 Å². The van der Waals surface area contributed by atoms with Gasteiger partial charge in [0.2, 0.25) is 5.91 Å². The summed E-state index contributed by atoms with van der Waals surface area (Å²) in [5.74, 6) is -0.519. The lowest BCUT2D eigenvalue weighted by molar-refractivity contribution is -0.138. The molecule has 3 heterocycles. The Morgan fingerprint density at radius 2 is 1.74 bits per heavy atom. The Balaban J connectivity index is 1.49. The van der Waals surface area contributed by atoms with Crippen molar-refractivity contribution < 1.29 is 31.1 Å². The van der Waals surface area contributed by atoms with Gasteiger partial charge in [-0.05, 0) is 68.4 Å². The number of nitrogens with one attached hydrogen (secondary N) is 2. The third-order valence-corrected chi connectivity index (χ3v) is 7.70. The van der Waals surface area contributed by atoms with Crippen LogP contribution in [0, 0.1) is 5.92 Å². The number of piperidine rings is 1. The van der Waals surface area contributed by atoms with E-state index in [9.17, 15) is 31.1 Å². The fourth-order valence-corrected chi connectivity index (χ4v) is 5.42. The summed E-state index contributed by atoms with van der Waals surface area (Å²) in [5, 5.41) is 6.29. The van der Waals surface area contributed by atoms with Crippen LogP contribution in [-0.4, -0.2) is 41.8 Å². The first-order valence-corrected chi connectivity index (χ1v) is 13.3. The number of primary amides is 1. The summed E-state index contributed by atoms with van der Waals surface area (Å²) < 4.78 is 80.6. The van der Waals surface area contributed by atoms with Crippen LogP contribution in [0.5, 0.6) is 0 Å². The summed E-state index contributed by atoms with van der Waals surface area (Å²) in [5.41, 5.74) is 4.11. The molecule has 0 spiro atoms. The van der Waals surface area contributed by atoms with Crippen molar-refractivity contribution in [3.8, 4) is 11.3 Å². The number of carbonyl (C=O) groups is 1. The van der Waals surface area contributed by atoms with Crippen LogP contribution in [0.1, 0.15) is 36.0 Å². The number of halogens is 6. The zero-order valence-electron chi connectivity index (χ0n) is 22.3. The zero-order valence-corrected chi connectivity index (χ0v) is 22.3. The molecule has 1 unspecified atom stereocenters. The molecule has 13 heteroatoms. The molecular weight excluding hydrogens is 562 g/mol. The summed E-state index contributed by atoms with van der Waals surface area (Å²) in [6, 6.07) is 11.5. The smallest absolute Gasteiger partial charge is 0.369 e. The highest BCUT2D eigenvalue weighted by Crippen LogP contribution is 2.42. The number of pyridine rings is 1. The van der Waals surface area contributed by atoms with E-state index >= 15 is 0 Å². The van der Waals surface area contributed by atoms with Crippen LogP contribution >= 0.6 is 0 Å². The molecule has 2 aromatic carbocycles. The molecule has 0 aliphatic carbocycles. The highest BCUT2D eigenvalue weighted by molar-refractivity contribution is 5.85. The quantitative estimate of drug-likeness (QED) is 0.290. The second-order valence-corrected chi connectivity index (χ2v) is 10.4. The number of nitrogens with zero attached hydrogens (tertiary/aromatic N) is 3. The van der Waals surface area contributed by atoms with Crippen LogP contribution in [0.2, 0.25) is 0 Å². The molecule has 1 amide bonds. The number of fused-ring (bicyclic) bond motifs is 1. The first-order chi connectivity index (χ1) is 19.9. The number of rotatable bonds is 7. The second-order valence-electron chi connectivity index (χ2n) is 10.4. The van der Waals surface area contributed by atoms with E-state index in [1.165, 1.54) is 36.8 Å². The Morgan fingerprint density at radius 1 is 1.02 bits per heavy atom. The lowest BCUT2D eigenvalue weighted by atomic mass is 9.89. The molecule has 7 nitrogen and oxygen atoms in total. The molecule has 1 saturated heterocycles. The van der Waals surface area contributed by atoms with Crippen LogP contribution in [0.4, 0.5) is 37.7 Å². The summed E-state index contributed by atoms with van der Waals surface area (Å²) in [6.07, 6.45) is -4.79. The molecular formula is C29H28F6N6O. The third kappa shape index (κ3) is 6.20. The van der Waals surface area contributed by atoms with E-state index in [1.54, 1.807) is 12.1 Å². The SMILES string of the molecule is NC(=O)C1CCN(CCC2(Nc3ccc(C(F)(F)F)cc3)N=CNc3cc(-c4ncccc4C(F)(F)F)ccc32)CC1. The number of hydrogen-bond donors (Lipinski definition) is 3. The molecule has 1 fully saturated rings. The van der Waals surface area contributed by atoms with Gasteiger partial charge in [0.1, 0.15) is 0 Å². The molecule has 1 aromatic heterocycles. The molecule has 4 N–H and O–H groups in total. The van der Waals surface area contributed by atoms with Crippen molar-refractivity contribution in [2.24, 2.45) is 16.6 Å². The number of alkyl halides is 6. The Morgan fingerprint density at radius 3 is 2.38 bits per heavy atom. The van der Waals surface area contributed by atoms with E-state index in [2.05, 4.69) is 25.5 Å². The van der Waals surface area contributed by atoms with Crippen LogP contribution in [0.25, 0.3) is 11.3 Å². The molecule has 1 atom stereocenters. The molecule has 3 aromatic rings. The molecule has 0 bridgehead atoms. The fraction of sp³-hybridized carbons (Fsp3) is 0.345. The normalized spacial score (nSPS) is 19.7. The van der Waals surface area contributed by atoms with Gasteiger partial charge in [-0.25, -0.2) is 4.99 Å². The van der Waals surface area contributed by atoms with E-state index in [-0.39, 0.29) is 23.1 Å². The van der Waals surface area contributed by atoms with Gasteiger partial charge in [-0.15, -0.1) is 0 Å². The second kappa shape index (κ2) is 11.3. The first kappa shape index (κ1) is 29.4. The maximum atomic E-state index is 13.7. The van der Waals surface area contributed by atoms with Gasteiger partial charge in [0, 0.05) is 47.6 Å². The summed E-state index contributed by atoms with van der Waals surface area (Å²) in [6.45, 7) is 1.80. The van der Waals surface area contributed by atoms with E-state index in [0.717, 1.165) is 18.2 Å². The van der Waals surface area contributed by atoms with Gasteiger partial charge in [-0.3, -0.25) is 9.78 Å². The zero-order chi connectivity index (χ0) is 30.1. The maximum Gasteiger partial charge on any atom is 0.418 e. The van der Waals surface area contributed by atoms with Crippen molar-refractivity contribution in [3.05, 3.63) is 77.5 Å². The summed E-state index contributed by atoms with van der Waals surface area (Å²) >= 11 is 0. The Kier molecular flexibility index (Phi) is 7.88. The highest BCUT2D eigenvalue weighted by Gasteiger charge is 2.39. The largest absolute Gasteiger partial charge is 0.418 e. The topological polar surface area (TPSA) is 95.6 Å². The number of benzene rings is 2. The van der Waals surface area contributed by atoms with Crippen molar-refractivity contribution in [3.63, 3.8) is 0 Å². The first-order valence-electron chi connectivity index (χ1n) is 13.3. The van der Waals surface area contributed by atoms with Gasteiger partial charge < -0.3 is 21.3 Å². The van der Waals surface area contributed by atoms with Gasteiger partial charge >= 0.3 is 12.4 Å². The van der Waals surface area contributed by atoms with Crippen LogP contribution in [-0.2, 0) is 22.8 Å². The van der Waals surface area contributed by atoms with Crippen molar-refractivity contribution in [2.45, 2.75) is 37.3 Å². The minimum atomic E-state index is -4.61. The number of hydrogen-bond acceptors (Lipinski definition) is 6. The van der Waals surface area contributed by atoms with Crippen molar-refractivity contribution in [2.75, 3.05) is 30.3 Å². The molecule has 5 rings (SSSR count). The maximum absolute atomic E-state index is 13.7. The van der Waals surface area contributed by atoms with Crippen molar-refractivity contribution in [1.82, 2.24) is 9.88 Å². The van der Waals surface area contributed by atoms with Crippen molar-refractivity contribution in [1.29, 1.82) is 0 Å². The van der Waals surface area contributed by atoms with Gasteiger partial charge in [0.15, 0.2) is 5.66 Å². The van der Waals surface area contributed by atoms with Crippen molar-refractivity contribution >= 4 is 23.6 Å². The van der Waals surface area contributed by atoms with E-state index in [0.29, 0.717) is 55.8 Å². The highest BCUT2D eigenvalue weighted by atomic mass is 19.4. The minimum Gasteiger partial charge on any atom is -0.369 e. The van der Waals surface area contributed by atoms with Gasteiger partial charge in [0.05, 0.1) is 23.2 Å². The van der Waals surface area contributed by atoms with E-state index in [4.69, 9.17) is 5.73 Å². The van der Waals surface area contributed by atoms with Crippen LogP contribution in [0.15, 0.2) is 65.8 Å². The van der Waals surface area contributed by atoms with Crippen LogP contribution < -0.4 is 16.4 Å². The van der Waals surface area contributed by atoms with Crippen LogP contribution in [0.3, 0.4) is 0 Å². The van der Waals surface area contributed by atoms with Gasteiger partial charge in [-0.2, -0.15) is 26.3 Å². The fourth-order valence-electron chi connectivity index (χ4n) is 5.42. The minimum absolute atomic E-state index is 0.190. The number of anilines is 2. The molecule has 42 heavy (non-hydrogen) atoms. The number of aromatic nitrogens is 1. The number of likely N-dealkylation sites (tertiary alicyclic amines) is 1. The average molecular weight is 591 g/mol. The number of nitrogens with two attached hydrogens (primary N) is 1. The van der Waals surface area contributed by atoms with E-state index < -0.39 is 29.1 Å². The molecule has 0 radical (unpaired) electrons. The predicted octanol–water partition coefficient (Wildman–Crippen LogP) is 6.09. The Bertz CT molecular complexity index is 1460. The lowest BCUT2D eigenvalue weighted by Crippen LogP contribution is -2.43. The Hall–Kier alpha value is -4.13. The summed E-state index contributed by atoms with van der Waals surface area (Å²) in [4.78, 5) is 22.4. The Labute approximate surface area is 237 Å². The average Bonchev–Trinajstić information content (AvgIpc) is 2.95. The number of amides is 1. The monoisotopic (exact) mass is 590 g/mol. The lowest BCUT2D eigenvalue weighted by Gasteiger charge is -2.39.